The molecular weight excluding hydrogens is 296 g/mol. The molecule has 0 atom stereocenters. The molecule has 0 unspecified atom stereocenters. The third-order valence-corrected chi connectivity index (χ3v) is 2.40. The van der Waals surface area contributed by atoms with Gasteiger partial charge in [-0.05, 0) is 18.5 Å². The Morgan fingerprint density at radius 1 is 1.25 bits per heavy atom. The van der Waals surface area contributed by atoms with Crippen LogP contribution in [0.15, 0.2) is 18.2 Å². The van der Waals surface area contributed by atoms with Crippen molar-refractivity contribution in [3.8, 4) is 11.6 Å². The van der Waals surface area contributed by atoms with Gasteiger partial charge in [0.15, 0.2) is 0 Å². The lowest BCUT2D eigenvalue weighted by atomic mass is 10.3. The molecule has 20 heavy (non-hydrogen) atoms. The van der Waals surface area contributed by atoms with Gasteiger partial charge in [-0.3, -0.25) is 10.1 Å². The SMILES string of the molecule is Cc1nc(Cl)nc(Oc2cc(F)cc(F)c2)c1[N+](=O)[O-]. The predicted molar refractivity (Wildman–Crippen MR) is 64.9 cm³/mol. The van der Waals surface area contributed by atoms with Crippen LogP contribution < -0.4 is 4.74 Å². The fourth-order valence-electron chi connectivity index (χ4n) is 1.49. The van der Waals surface area contributed by atoms with E-state index in [0.717, 1.165) is 12.1 Å². The Morgan fingerprint density at radius 2 is 1.85 bits per heavy atom. The lowest BCUT2D eigenvalue weighted by molar-refractivity contribution is -0.386. The van der Waals surface area contributed by atoms with Crippen LogP contribution in [0.2, 0.25) is 5.28 Å². The van der Waals surface area contributed by atoms with Gasteiger partial charge >= 0.3 is 11.6 Å². The highest BCUT2D eigenvalue weighted by Gasteiger charge is 2.24. The second-order valence-electron chi connectivity index (χ2n) is 3.70. The first-order chi connectivity index (χ1) is 9.36. The van der Waals surface area contributed by atoms with Crippen molar-refractivity contribution in [1.29, 1.82) is 0 Å². The Bertz CT molecular complexity index is 677. The van der Waals surface area contributed by atoms with Gasteiger partial charge in [0.1, 0.15) is 23.1 Å². The van der Waals surface area contributed by atoms with Crippen LogP contribution in [0.1, 0.15) is 5.69 Å². The summed E-state index contributed by atoms with van der Waals surface area (Å²) in [5, 5.41) is 10.7. The largest absolute Gasteiger partial charge is 0.433 e. The highest BCUT2D eigenvalue weighted by Crippen LogP contribution is 2.32. The molecule has 0 saturated carbocycles. The molecule has 0 saturated heterocycles. The second kappa shape index (κ2) is 5.33. The van der Waals surface area contributed by atoms with E-state index in [0.29, 0.717) is 6.07 Å². The van der Waals surface area contributed by atoms with Gasteiger partial charge in [0.25, 0.3) is 0 Å². The third-order valence-electron chi connectivity index (χ3n) is 2.23. The van der Waals surface area contributed by atoms with E-state index in [1.165, 1.54) is 6.92 Å². The van der Waals surface area contributed by atoms with Crippen molar-refractivity contribution in [2.45, 2.75) is 6.92 Å². The number of aryl methyl sites for hydroxylation is 1. The van der Waals surface area contributed by atoms with Gasteiger partial charge < -0.3 is 4.74 Å². The first kappa shape index (κ1) is 14.1. The van der Waals surface area contributed by atoms with Crippen molar-refractivity contribution >= 4 is 17.3 Å². The maximum absolute atomic E-state index is 13.0. The van der Waals surface area contributed by atoms with Gasteiger partial charge in [-0.15, -0.1) is 0 Å². The fourth-order valence-corrected chi connectivity index (χ4v) is 1.69. The first-order valence-electron chi connectivity index (χ1n) is 5.19. The quantitative estimate of drug-likeness (QED) is 0.493. The van der Waals surface area contributed by atoms with Crippen molar-refractivity contribution in [3.63, 3.8) is 0 Å². The minimum absolute atomic E-state index is 0.0260. The lowest BCUT2D eigenvalue weighted by Gasteiger charge is -2.07. The Morgan fingerprint density at radius 3 is 2.40 bits per heavy atom. The van der Waals surface area contributed by atoms with Crippen LogP contribution in [0, 0.1) is 28.7 Å². The molecule has 0 fully saturated rings. The molecule has 0 radical (unpaired) electrons. The molecule has 0 bridgehead atoms. The van der Waals surface area contributed by atoms with Gasteiger partial charge in [0.2, 0.25) is 5.28 Å². The molecule has 104 valence electrons. The summed E-state index contributed by atoms with van der Waals surface area (Å²) in [6.07, 6.45) is 0. The zero-order chi connectivity index (χ0) is 14.9. The molecule has 0 spiro atoms. The van der Waals surface area contributed by atoms with E-state index in [2.05, 4.69) is 9.97 Å². The molecular formula is C11H6ClF2N3O3. The molecule has 0 aliphatic rings. The van der Waals surface area contributed by atoms with Crippen LogP contribution in [0.5, 0.6) is 11.6 Å². The third kappa shape index (κ3) is 2.97. The Kier molecular flexibility index (Phi) is 3.75. The Hall–Kier alpha value is -2.35. The van der Waals surface area contributed by atoms with Gasteiger partial charge in [0, 0.05) is 18.2 Å². The molecule has 2 aromatic rings. The van der Waals surface area contributed by atoms with Crippen molar-refractivity contribution in [2.75, 3.05) is 0 Å². The number of aromatic nitrogens is 2. The number of rotatable bonds is 3. The summed E-state index contributed by atoms with van der Waals surface area (Å²) in [5.41, 5.74) is -0.555. The zero-order valence-electron chi connectivity index (χ0n) is 9.93. The number of ether oxygens (including phenoxy) is 1. The number of hydrogen-bond acceptors (Lipinski definition) is 5. The summed E-state index contributed by atoms with van der Waals surface area (Å²) in [6.45, 7) is 1.34. The number of benzene rings is 1. The van der Waals surface area contributed by atoms with E-state index >= 15 is 0 Å². The molecule has 1 heterocycles. The van der Waals surface area contributed by atoms with E-state index < -0.39 is 28.1 Å². The summed E-state index contributed by atoms with van der Waals surface area (Å²) in [7, 11) is 0. The average molecular weight is 302 g/mol. The molecule has 0 amide bonds. The summed E-state index contributed by atoms with van der Waals surface area (Å²) in [5.74, 6) is -2.55. The van der Waals surface area contributed by atoms with Crippen LogP contribution in [0.4, 0.5) is 14.5 Å². The van der Waals surface area contributed by atoms with Crippen LogP contribution in [0.25, 0.3) is 0 Å². The van der Waals surface area contributed by atoms with Crippen LogP contribution in [-0.4, -0.2) is 14.9 Å². The summed E-state index contributed by atoms with van der Waals surface area (Å²) in [6, 6.07) is 2.36. The molecule has 1 aromatic heterocycles. The maximum Gasteiger partial charge on any atom is 0.352 e. The standard InChI is InChI=1S/C11H6ClF2N3O3/c1-5-9(17(18)19)10(16-11(12)15-5)20-8-3-6(13)2-7(14)4-8/h2-4H,1H3. The van der Waals surface area contributed by atoms with Crippen LogP contribution in [-0.2, 0) is 0 Å². The lowest BCUT2D eigenvalue weighted by Crippen LogP contribution is -2.01. The molecule has 0 N–H and O–H groups in total. The van der Waals surface area contributed by atoms with Crippen LogP contribution in [0.3, 0.4) is 0 Å². The number of halogens is 3. The van der Waals surface area contributed by atoms with E-state index in [1.807, 2.05) is 0 Å². The fraction of sp³-hybridized carbons (Fsp3) is 0.0909. The highest BCUT2D eigenvalue weighted by atomic mass is 35.5. The minimum Gasteiger partial charge on any atom is -0.433 e. The molecule has 9 heteroatoms. The monoisotopic (exact) mass is 301 g/mol. The minimum atomic E-state index is -0.889. The van der Waals surface area contributed by atoms with Gasteiger partial charge in [0.05, 0.1) is 4.92 Å². The molecule has 6 nitrogen and oxygen atoms in total. The Balaban J connectivity index is 2.49. The number of nitro groups is 1. The van der Waals surface area contributed by atoms with E-state index in [1.54, 1.807) is 0 Å². The first-order valence-corrected chi connectivity index (χ1v) is 5.57. The van der Waals surface area contributed by atoms with Gasteiger partial charge in [-0.2, -0.15) is 4.98 Å². The number of nitrogens with zero attached hydrogens (tertiary/aromatic N) is 3. The summed E-state index contributed by atoms with van der Waals surface area (Å²) < 4.78 is 31.1. The second-order valence-corrected chi connectivity index (χ2v) is 4.03. The highest BCUT2D eigenvalue weighted by molar-refractivity contribution is 6.28. The van der Waals surface area contributed by atoms with E-state index in [4.69, 9.17) is 16.3 Å². The molecule has 1 aromatic carbocycles. The summed E-state index contributed by atoms with van der Waals surface area (Å²) >= 11 is 5.58. The van der Waals surface area contributed by atoms with Crippen molar-refractivity contribution < 1.29 is 18.4 Å². The summed E-state index contributed by atoms with van der Waals surface area (Å²) in [4.78, 5) is 17.3. The zero-order valence-corrected chi connectivity index (χ0v) is 10.7. The van der Waals surface area contributed by atoms with E-state index in [9.17, 15) is 18.9 Å². The normalized spacial score (nSPS) is 10.4. The van der Waals surface area contributed by atoms with Crippen molar-refractivity contribution in [2.24, 2.45) is 0 Å². The average Bonchev–Trinajstić information content (AvgIpc) is 2.25. The van der Waals surface area contributed by atoms with E-state index in [-0.39, 0.29) is 16.7 Å². The van der Waals surface area contributed by atoms with Crippen molar-refractivity contribution in [1.82, 2.24) is 9.97 Å². The topological polar surface area (TPSA) is 78.2 Å². The molecule has 2 rings (SSSR count). The molecule has 0 aliphatic heterocycles. The maximum atomic E-state index is 13.0. The molecule has 0 aliphatic carbocycles. The smallest absolute Gasteiger partial charge is 0.352 e. The van der Waals surface area contributed by atoms with Crippen LogP contribution >= 0.6 is 11.6 Å². The van der Waals surface area contributed by atoms with Crippen molar-refractivity contribution in [3.05, 3.63) is 50.9 Å². The Labute approximate surface area is 116 Å². The predicted octanol–water partition coefficient (Wildman–Crippen LogP) is 3.42. The number of hydrogen-bond donors (Lipinski definition) is 0. The van der Waals surface area contributed by atoms with Gasteiger partial charge in [-0.25, -0.2) is 13.8 Å². The van der Waals surface area contributed by atoms with Gasteiger partial charge in [-0.1, -0.05) is 0 Å².